The third kappa shape index (κ3) is 2.39. The molecule has 0 saturated carbocycles. The van der Waals surface area contributed by atoms with Crippen LogP contribution in [0, 0.1) is 6.92 Å². The van der Waals surface area contributed by atoms with Gasteiger partial charge in [-0.2, -0.15) is 0 Å². The van der Waals surface area contributed by atoms with Crippen LogP contribution in [0.4, 0.5) is 5.82 Å². The van der Waals surface area contributed by atoms with Gasteiger partial charge in [-0.1, -0.05) is 29.8 Å². The van der Waals surface area contributed by atoms with Gasteiger partial charge in [0, 0.05) is 11.6 Å². The molecule has 0 bridgehead atoms. The summed E-state index contributed by atoms with van der Waals surface area (Å²) in [5.41, 5.74) is 7.29. The van der Waals surface area contributed by atoms with Gasteiger partial charge in [0.2, 0.25) is 0 Å². The number of carboxylic acid groups (broad SMARTS) is 1. The molecule has 86 valence electrons. The first kappa shape index (κ1) is 11.1. The van der Waals surface area contributed by atoms with Crippen molar-refractivity contribution in [2.45, 2.75) is 6.92 Å². The van der Waals surface area contributed by atoms with E-state index in [1.54, 1.807) is 0 Å². The van der Waals surface area contributed by atoms with Gasteiger partial charge in [-0.05, 0) is 6.92 Å². The number of rotatable bonds is 2. The lowest BCUT2D eigenvalue weighted by molar-refractivity contribution is 0.0690. The minimum absolute atomic E-state index is 0.104. The highest BCUT2D eigenvalue weighted by atomic mass is 16.4. The summed E-state index contributed by atoms with van der Waals surface area (Å²) in [5.74, 6) is -0.650. The summed E-state index contributed by atoms with van der Waals surface area (Å²) in [6.07, 6.45) is 0. The normalized spacial score (nSPS) is 10.2. The standard InChI is InChI=1S/C12H11N3O2/c1-7-2-4-8(5-3-7)11-14-9(12(16)17)6-10(13)15-11/h2-6H,1H3,(H,16,17)(H2,13,14,15). The van der Waals surface area contributed by atoms with E-state index in [1.165, 1.54) is 6.07 Å². The molecule has 2 rings (SSSR count). The molecule has 0 aliphatic rings. The van der Waals surface area contributed by atoms with Crippen LogP contribution >= 0.6 is 0 Å². The lowest BCUT2D eigenvalue weighted by Crippen LogP contribution is -2.05. The Kier molecular flexibility index (Phi) is 2.74. The van der Waals surface area contributed by atoms with Crippen LogP contribution in [0.15, 0.2) is 30.3 Å². The summed E-state index contributed by atoms with van der Waals surface area (Å²) in [5, 5.41) is 8.88. The average Bonchev–Trinajstić information content (AvgIpc) is 2.29. The molecule has 0 amide bonds. The molecule has 5 heteroatoms. The Hall–Kier alpha value is -2.43. The van der Waals surface area contributed by atoms with Crippen molar-refractivity contribution in [3.8, 4) is 11.4 Å². The third-order valence-electron chi connectivity index (χ3n) is 2.27. The molecule has 1 aromatic heterocycles. The minimum Gasteiger partial charge on any atom is -0.477 e. The Bertz CT molecular complexity index is 564. The second-order valence-corrected chi connectivity index (χ2v) is 3.67. The predicted octanol–water partition coefficient (Wildman–Crippen LogP) is 1.73. The Morgan fingerprint density at radius 1 is 1.24 bits per heavy atom. The number of hydrogen-bond acceptors (Lipinski definition) is 4. The van der Waals surface area contributed by atoms with E-state index in [2.05, 4.69) is 9.97 Å². The number of carbonyl (C=O) groups is 1. The summed E-state index contributed by atoms with van der Waals surface area (Å²) in [6.45, 7) is 1.96. The van der Waals surface area contributed by atoms with Gasteiger partial charge in [0.15, 0.2) is 11.5 Å². The van der Waals surface area contributed by atoms with E-state index in [4.69, 9.17) is 10.8 Å². The van der Waals surface area contributed by atoms with Crippen LogP contribution < -0.4 is 5.73 Å². The Balaban J connectivity index is 2.51. The molecule has 1 heterocycles. The molecule has 0 unspecified atom stereocenters. The van der Waals surface area contributed by atoms with Gasteiger partial charge in [0.05, 0.1) is 0 Å². The van der Waals surface area contributed by atoms with E-state index in [0.29, 0.717) is 5.82 Å². The van der Waals surface area contributed by atoms with Crippen LogP contribution in [0.5, 0.6) is 0 Å². The molecule has 5 nitrogen and oxygen atoms in total. The van der Waals surface area contributed by atoms with E-state index < -0.39 is 5.97 Å². The monoisotopic (exact) mass is 229 g/mol. The van der Waals surface area contributed by atoms with E-state index >= 15 is 0 Å². The van der Waals surface area contributed by atoms with Crippen LogP contribution in [0.1, 0.15) is 16.1 Å². The number of aryl methyl sites for hydroxylation is 1. The molecule has 0 spiro atoms. The molecule has 0 aliphatic heterocycles. The Morgan fingerprint density at radius 2 is 1.88 bits per heavy atom. The summed E-state index contributed by atoms with van der Waals surface area (Å²) in [7, 11) is 0. The maximum absolute atomic E-state index is 10.8. The molecule has 0 fully saturated rings. The van der Waals surface area contributed by atoms with Crippen LogP contribution in [0.2, 0.25) is 0 Å². The van der Waals surface area contributed by atoms with E-state index in [0.717, 1.165) is 11.1 Å². The number of nitrogens with zero attached hydrogens (tertiary/aromatic N) is 2. The number of carboxylic acids is 1. The molecule has 1 aromatic carbocycles. The van der Waals surface area contributed by atoms with Gasteiger partial charge in [-0.3, -0.25) is 0 Å². The molecule has 3 N–H and O–H groups in total. The van der Waals surface area contributed by atoms with Crippen molar-refractivity contribution in [2.75, 3.05) is 5.73 Å². The fourth-order valence-electron chi connectivity index (χ4n) is 1.41. The van der Waals surface area contributed by atoms with Crippen LogP contribution in [0.3, 0.4) is 0 Å². The van der Waals surface area contributed by atoms with E-state index in [-0.39, 0.29) is 11.5 Å². The van der Waals surface area contributed by atoms with Gasteiger partial charge in [-0.25, -0.2) is 14.8 Å². The molecule has 0 saturated heterocycles. The fourth-order valence-corrected chi connectivity index (χ4v) is 1.41. The fraction of sp³-hybridized carbons (Fsp3) is 0.0833. The van der Waals surface area contributed by atoms with Crippen molar-refractivity contribution in [3.63, 3.8) is 0 Å². The van der Waals surface area contributed by atoms with Gasteiger partial charge in [-0.15, -0.1) is 0 Å². The van der Waals surface area contributed by atoms with Crippen molar-refractivity contribution in [3.05, 3.63) is 41.6 Å². The van der Waals surface area contributed by atoms with Crippen molar-refractivity contribution in [1.82, 2.24) is 9.97 Å². The zero-order valence-electron chi connectivity index (χ0n) is 9.21. The first-order chi connectivity index (χ1) is 8.06. The number of hydrogen-bond donors (Lipinski definition) is 2. The van der Waals surface area contributed by atoms with Crippen molar-refractivity contribution < 1.29 is 9.90 Å². The quantitative estimate of drug-likeness (QED) is 0.818. The predicted molar refractivity (Wildman–Crippen MR) is 63.6 cm³/mol. The van der Waals surface area contributed by atoms with Crippen LogP contribution in [-0.4, -0.2) is 21.0 Å². The molecule has 0 atom stereocenters. The number of aromatic nitrogens is 2. The first-order valence-electron chi connectivity index (χ1n) is 5.01. The largest absolute Gasteiger partial charge is 0.477 e. The van der Waals surface area contributed by atoms with Crippen LogP contribution in [0.25, 0.3) is 11.4 Å². The van der Waals surface area contributed by atoms with Gasteiger partial charge < -0.3 is 10.8 Å². The smallest absolute Gasteiger partial charge is 0.354 e. The summed E-state index contributed by atoms with van der Waals surface area (Å²) in [4.78, 5) is 18.8. The lowest BCUT2D eigenvalue weighted by atomic mass is 10.1. The molecular weight excluding hydrogens is 218 g/mol. The SMILES string of the molecule is Cc1ccc(-c2nc(N)cc(C(=O)O)n2)cc1. The summed E-state index contributed by atoms with van der Waals surface area (Å²) < 4.78 is 0. The van der Waals surface area contributed by atoms with Crippen molar-refractivity contribution in [2.24, 2.45) is 0 Å². The zero-order chi connectivity index (χ0) is 12.4. The zero-order valence-corrected chi connectivity index (χ0v) is 9.21. The summed E-state index contributed by atoms with van der Waals surface area (Å²) in [6, 6.07) is 8.70. The second kappa shape index (κ2) is 4.21. The molecule has 0 aliphatic carbocycles. The van der Waals surface area contributed by atoms with Gasteiger partial charge >= 0.3 is 5.97 Å². The maximum Gasteiger partial charge on any atom is 0.354 e. The average molecular weight is 229 g/mol. The van der Waals surface area contributed by atoms with E-state index in [1.807, 2.05) is 31.2 Å². The van der Waals surface area contributed by atoms with Gasteiger partial charge in [0.1, 0.15) is 5.82 Å². The number of nitrogens with two attached hydrogens (primary N) is 1. The summed E-state index contributed by atoms with van der Waals surface area (Å²) >= 11 is 0. The maximum atomic E-state index is 10.8. The number of aromatic carboxylic acids is 1. The van der Waals surface area contributed by atoms with Gasteiger partial charge in [0.25, 0.3) is 0 Å². The first-order valence-corrected chi connectivity index (χ1v) is 5.01. The highest BCUT2D eigenvalue weighted by Gasteiger charge is 2.10. The lowest BCUT2D eigenvalue weighted by Gasteiger charge is -2.03. The minimum atomic E-state index is -1.12. The molecule has 17 heavy (non-hydrogen) atoms. The Labute approximate surface area is 98.0 Å². The highest BCUT2D eigenvalue weighted by Crippen LogP contribution is 2.17. The topological polar surface area (TPSA) is 89.1 Å². The van der Waals surface area contributed by atoms with Crippen molar-refractivity contribution >= 4 is 11.8 Å². The number of benzene rings is 1. The number of nitrogen functional groups attached to an aromatic ring is 1. The molecule has 0 radical (unpaired) electrons. The Morgan fingerprint density at radius 3 is 2.47 bits per heavy atom. The molecule has 2 aromatic rings. The van der Waals surface area contributed by atoms with Crippen molar-refractivity contribution in [1.29, 1.82) is 0 Å². The number of anilines is 1. The molecular formula is C12H11N3O2. The highest BCUT2D eigenvalue weighted by molar-refractivity contribution is 5.86. The second-order valence-electron chi connectivity index (χ2n) is 3.67. The van der Waals surface area contributed by atoms with E-state index in [9.17, 15) is 4.79 Å². The van der Waals surface area contributed by atoms with Crippen LogP contribution in [-0.2, 0) is 0 Å². The third-order valence-corrected chi connectivity index (χ3v) is 2.27.